The van der Waals surface area contributed by atoms with Crippen LogP contribution >= 0.6 is 0 Å². The van der Waals surface area contributed by atoms with Gasteiger partial charge < -0.3 is 30.1 Å². The second-order valence-electron chi connectivity index (χ2n) is 13.9. The molecular weight excluding hydrogens is 568 g/mol. The van der Waals surface area contributed by atoms with Gasteiger partial charge in [0.2, 0.25) is 11.8 Å². The molecule has 12 nitrogen and oxygen atoms in total. The highest BCUT2D eigenvalue weighted by Crippen LogP contribution is 2.65. The van der Waals surface area contributed by atoms with Crippen LogP contribution in [0.4, 0.5) is 4.79 Å². The fraction of sp³-hybridized carbons (Fsp3) is 0.781. The van der Waals surface area contributed by atoms with E-state index in [0.29, 0.717) is 19.4 Å². The van der Waals surface area contributed by atoms with Crippen LogP contribution in [0.15, 0.2) is 12.7 Å². The largest absolute Gasteiger partial charge is 0.460 e. The lowest BCUT2D eigenvalue weighted by Crippen LogP contribution is -2.58. The number of piperidine rings is 1. The first kappa shape index (κ1) is 37.2. The number of hydrogen-bond acceptors (Lipinski definition) is 9. The summed E-state index contributed by atoms with van der Waals surface area (Å²) in [6.07, 6.45) is 0.621. The van der Waals surface area contributed by atoms with Crippen LogP contribution in [0.25, 0.3) is 0 Å². The molecule has 12 heteroatoms. The van der Waals surface area contributed by atoms with Crippen molar-refractivity contribution in [3.05, 3.63) is 12.7 Å². The summed E-state index contributed by atoms with van der Waals surface area (Å²) in [5, 5.41) is 18.4. The van der Waals surface area contributed by atoms with Crippen LogP contribution in [0.3, 0.4) is 0 Å². The van der Waals surface area contributed by atoms with Crippen molar-refractivity contribution in [2.24, 2.45) is 23.2 Å². The molecule has 4 N–H and O–H groups in total. The third kappa shape index (κ3) is 10.3. The number of hydrogen-bond donors (Lipinski definition) is 4. The average Bonchev–Trinajstić information content (AvgIpc) is 3.24. The highest BCUT2D eigenvalue weighted by molar-refractivity contribution is 5.96. The quantitative estimate of drug-likeness (QED) is 0.109. The smallest absolute Gasteiger partial charge is 0.407 e. The van der Waals surface area contributed by atoms with Gasteiger partial charge in [0.25, 0.3) is 0 Å². The lowest BCUT2D eigenvalue weighted by Gasteiger charge is -2.34. The van der Waals surface area contributed by atoms with Gasteiger partial charge in [0, 0.05) is 19.5 Å². The van der Waals surface area contributed by atoms with E-state index >= 15 is 0 Å². The van der Waals surface area contributed by atoms with Crippen molar-refractivity contribution in [2.75, 3.05) is 19.7 Å². The Labute approximate surface area is 262 Å². The SMILES string of the molecule is C=CCNC(O)C(=O)C(CCC)NC(=O)C1C2C(CN1C(=O)C(CCCC(=O)OC(C)(C)C)NC(=O)OCC(C)C)C2(C)C. The molecule has 0 spiro atoms. The van der Waals surface area contributed by atoms with Gasteiger partial charge in [-0.1, -0.05) is 47.1 Å². The topological polar surface area (TPSA) is 163 Å². The van der Waals surface area contributed by atoms with Gasteiger partial charge in [-0.25, -0.2) is 4.79 Å². The van der Waals surface area contributed by atoms with E-state index in [-0.39, 0.29) is 55.6 Å². The number of fused-ring (bicyclic) bond motifs is 1. The number of ether oxygens (including phenoxy) is 2. The number of likely N-dealkylation sites (tertiary alicyclic amines) is 1. The number of carbonyl (C=O) groups excluding carboxylic acids is 5. The highest BCUT2D eigenvalue weighted by Gasteiger charge is 2.69. The zero-order valence-corrected chi connectivity index (χ0v) is 27.7. The van der Waals surface area contributed by atoms with Crippen LogP contribution in [-0.2, 0) is 28.7 Å². The summed E-state index contributed by atoms with van der Waals surface area (Å²) in [6, 6.07) is -2.85. The number of ketones is 1. The van der Waals surface area contributed by atoms with Crippen LogP contribution in [-0.4, -0.2) is 89.3 Å². The van der Waals surface area contributed by atoms with E-state index < -0.39 is 59.6 Å². The van der Waals surface area contributed by atoms with Gasteiger partial charge in [0.1, 0.15) is 17.7 Å². The summed E-state index contributed by atoms with van der Waals surface area (Å²) in [6.45, 7) is 19.3. The van der Waals surface area contributed by atoms with Gasteiger partial charge in [-0.3, -0.25) is 24.5 Å². The molecule has 0 aromatic carbocycles. The molecule has 2 rings (SSSR count). The van der Waals surface area contributed by atoms with E-state index in [2.05, 4.69) is 22.5 Å². The third-order valence-electron chi connectivity index (χ3n) is 8.15. The number of Topliss-reactive ketones (excluding diaryl/α,β-unsaturated/α-hetero) is 1. The molecule has 6 atom stereocenters. The maximum atomic E-state index is 14.0. The van der Waals surface area contributed by atoms with E-state index in [0.717, 1.165) is 0 Å². The molecule has 1 saturated heterocycles. The van der Waals surface area contributed by atoms with Crippen LogP contribution in [0, 0.1) is 23.2 Å². The van der Waals surface area contributed by atoms with E-state index in [1.54, 1.807) is 20.8 Å². The van der Waals surface area contributed by atoms with Crippen molar-refractivity contribution < 1.29 is 38.6 Å². The molecule has 1 heterocycles. The van der Waals surface area contributed by atoms with E-state index in [1.165, 1.54) is 11.0 Å². The van der Waals surface area contributed by atoms with Gasteiger partial charge in [-0.15, -0.1) is 6.58 Å². The Hall–Kier alpha value is -2.99. The summed E-state index contributed by atoms with van der Waals surface area (Å²) in [5.74, 6) is -1.89. The molecule has 44 heavy (non-hydrogen) atoms. The Kier molecular flexibility index (Phi) is 13.4. The number of nitrogens with zero attached hydrogens (tertiary/aromatic N) is 1. The summed E-state index contributed by atoms with van der Waals surface area (Å²) >= 11 is 0. The number of carbonyl (C=O) groups is 5. The average molecular weight is 623 g/mol. The summed E-state index contributed by atoms with van der Waals surface area (Å²) < 4.78 is 10.6. The highest BCUT2D eigenvalue weighted by atomic mass is 16.6. The van der Waals surface area contributed by atoms with Gasteiger partial charge in [0.15, 0.2) is 12.0 Å². The summed E-state index contributed by atoms with van der Waals surface area (Å²) in [5.41, 5.74) is -0.839. The van der Waals surface area contributed by atoms with Crippen molar-refractivity contribution >= 4 is 29.7 Å². The summed E-state index contributed by atoms with van der Waals surface area (Å²) in [7, 11) is 0. The van der Waals surface area contributed by atoms with Crippen molar-refractivity contribution in [1.29, 1.82) is 0 Å². The number of amides is 3. The Bertz CT molecular complexity index is 1050. The van der Waals surface area contributed by atoms with E-state index in [4.69, 9.17) is 9.47 Å². The Balaban J connectivity index is 2.25. The Morgan fingerprint density at radius 2 is 1.75 bits per heavy atom. The molecule has 250 valence electrons. The van der Waals surface area contributed by atoms with Crippen LogP contribution in [0.2, 0.25) is 0 Å². The molecule has 1 aliphatic carbocycles. The maximum absolute atomic E-state index is 14.0. The van der Waals surface area contributed by atoms with Crippen molar-refractivity contribution in [3.8, 4) is 0 Å². The zero-order valence-electron chi connectivity index (χ0n) is 27.7. The van der Waals surface area contributed by atoms with Gasteiger partial charge >= 0.3 is 12.1 Å². The molecule has 2 aliphatic rings. The maximum Gasteiger partial charge on any atom is 0.407 e. The van der Waals surface area contributed by atoms with Crippen molar-refractivity contribution in [1.82, 2.24) is 20.9 Å². The molecule has 0 radical (unpaired) electrons. The Morgan fingerprint density at radius 3 is 2.32 bits per heavy atom. The Morgan fingerprint density at radius 1 is 1.09 bits per heavy atom. The molecule has 0 bridgehead atoms. The van der Waals surface area contributed by atoms with Crippen LogP contribution in [0.1, 0.15) is 87.5 Å². The normalized spacial score (nSPS) is 22.3. The second-order valence-corrected chi connectivity index (χ2v) is 13.9. The standard InChI is InChI=1S/C32H54N4O8/c1-10-13-21(26(38)28(40)33-16-11-2)34-27(39)25-24-20(32(24,8)9)17-36(25)29(41)22(35-30(42)43-18-19(3)4)14-12-15-23(37)44-31(5,6)7/h11,19-22,24-25,28,33,40H,2,10,12-18H2,1,3-9H3,(H,34,39)(H,35,42). The van der Waals surface area contributed by atoms with Crippen molar-refractivity contribution in [2.45, 2.75) is 117 Å². The predicted molar refractivity (Wildman–Crippen MR) is 165 cm³/mol. The van der Waals surface area contributed by atoms with Crippen LogP contribution in [0.5, 0.6) is 0 Å². The minimum atomic E-state index is -1.48. The number of rotatable bonds is 17. The number of aliphatic hydroxyl groups is 1. The molecule has 0 aromatic heterocycles. The lowest BCUT2D eigenvalue weighted by atomic mass is 9.98. The molecule has 1 saturated carbocycles. The minimum Gasteiger partial charge on any atom is -0.460 e. The predicted octanol–water partition coefficient (Wildman–Crippen LogP) is 2.68. The van der Waals surface area contributed by atoms with Gasteiger partial charge in [-0.2, -0.15) is 0 Å². The molecule has 3 amide bonds. The van der Waals surface area contributed by atoms with E-state index in [9.17, 15) is 29.1 Å². The zero-order chi connectivity index (χ0) is 33.4. The van der Waals surface area contributed by atoms with Gasteiger partial charge in [-0.05, 0) is 63.2 Å². The van der Waals surface area contributed by atoms with Crippen LogP contribution < -0.4 is 16.0 Å². The molecule has 2 fully saturated rings. The second kappa shape index (κ2) is 15.8. The first-order valence-corrected chi connectivity index (χ1v) is 15.8. The molecule has 0 aromatic rings. The third-order valence-corrected chi connectivity index (χ3v) is 8.15. The summed E-state index contributed by atoms with van der Waals surface area (Å²) in [4.78, 5) is 67.3. The molecular formula is C32H54N4O8. The number of aliphatic hydroxyl groups excluding tert-OH is 1. The van der Waals surface area contributed by atoms with E-state index in [1.807, 2.05) is 34.6 Å². The fourth-order valence-electron chi connectivity index (χ4n) is 5.86. The number of alkyl carbamates (subject to hydrolysis) is 1. The molecule has 6 unspecified atom stereocenters. The lowest BCUT2D eigenvalue weighted by molar-refractivity contribution is -0.155. The molecule has 1 aliphatic heterocycles. The number of nitrogens with one attached hydrogen (secondary N) is 3. The first-order chi connectivity index (χ1) is 20.4. The minimum absolute atomic E-state index is 0.0506. The fourth-order valence-corrected chi connectivity index (χ4v) is 5.86. The first-order valence-electron chi connectivity index (χ1n) is 15.8. The number of esters is 1. The monoisotopic (exact) mass is 622 g/mol. The van der Waals surface area contributed by atoms with Gasteiger partial charge in [0.05, 0.1) is 12.6 Å². The van der Waals surface area contributed by atoms with Crippen molar-refractivity contribution in [3.63, 3.8) is 0 Å².